The number of piperidine rings is 1. The molecule has 1 aromatic rings. The molecule has 1 aliphatic heterocycles. The summed E-state index contributed by atoms with van der Waals surface area (Å²) in [6.07, 6.45) is 3.81. The van der Waals surface area contributed by atoms with Gasteiger partial charge in [-0.05, 0) is 38.4 Å². The Morgan fingerprint density at radius 2 is 2.42 bits per heavy atom. The molecule has 0 radical (unpaired) electrons. The predicted molar refractivity (Wildman–Crippen MR) is 74.4 cm³/mol. The molecule has 6 heteroatoms. The number of hydrogen-bond acceptors (Lipinski definition) is 5. The van der Waals surface area contributed by atoms with Crippen molar-refractivity contribution in [2.24, 2.45) is 0 Å². The summed E-state index contributed by atoms with van der Waals surface area (Å²) in [5, 5.41) is 14.3. The number of likely N-dealkylation sites (N-methyl/N-ethyl adjacent to an activating group) is 1. The molecule has 1 aromatic heterocycles. The molecule has 0 bridgehead atoms. The molecule has 1 aliphatic rings. The third kappa shape index (κ3) is 3.41. The highest BCUT2D eigenvalue weighted by atomic mass is 16.6. The highest BCUT2D eigenvalue weighted by molar-refractivity contribution is 5.57. The third-order valence-corrected chi connectivity index (χ3v) is 3.49. The Labute approximate surface area is 113 Å². The zero-order valence-electron chi connectivity index (χ0n) is 11.4. The maximum atomic E-state index is 11.1. The summed E-state index contributed by atoms with van der Waals surface area (Å²) < 4.78 is 0. The number of anilines is 1. The minimum atomic E-state index is -0.372. The van der Waals surface area contributed by atoms with E-state index in [0.29, 0.717) is 5.82 Å². The Kier molecular flexibility index (Phi) is 4.31. The molecule has 1 atom stereocenters. The fraction of sp³-hybridized carbons (Fsp3) is 0.615. The number of nitro groups is 1. The summed E-state index contributed by atoms with van der Waals surface area (Å²) in [6.45, 7) is 6.99. The molecule has 2 rings (SSSR count). The van der Waals surface area contributed by atoms with E-state index < -0.39 is 0 Å². The van der Waals surface area contributed by atoms with Crippen LogP contribution >= 0.6 is 0 Å². The van der Waals surface area contributed by atoms with E-state index in [1.54, 1.807) is 12.3 Å². The van der Waals surface area contributed by atoms with E-state index in [0.717, 1.165) is 38.0 Å². The zero-order valence-corrected chi connectivity index (χ0v) is 11.4. The van der Waals surface area contributed by atoms with Crippen LogP contribution in [0.4, 0.5) is 11.5 Å². The number of nitrogens with zero attached hydrogens (tertiary/aromatic N) is 3. The highest BCUT2D eigenvalue weighted by Crippen LogP contribution is 2.24. The molecule has 0 aliphatic carbocycles. The molecule has 1 fully saturated rings. The first-order valence-electron chi connectivity index (χ1n) is 6.70. The van der Waals surface area contributed by atoms with Crippen LogP contribution in [0, 0.1) is 17.0 Å². The van der Waals surface area contributed by atoms with Gasteiger partial charge in [0.15, 0.2) is 0 Å². The molecule has 19 heavy (non-hydrogen) atoms. The number of nitrogens with one attached hydrogen (secondary N) is 1. The Bertz CT molecular complexity index is 464. The van der Waals surface area contributed by atoms with Gasteiger partial charge in [-0.1, -0.05) is 6.92 Å². The van der Waals surface area contributed by atoms with E-state index >= 15 is 0 Å². The summed E-state index contributed by atoms with van der Waals surface area (Å²) in [4.78, 5) is 17.2. The van der Waals surface area contributed by atoms with Crippen LogP contribution in [-0.4, -0.2) is 40.5 Å². The van der Waals surface area contributed by atoms with Gasteiger partial charge in [-0.15, -0.1) is 0 Å². The van der Waals surface area contributed by atoms with Crippen molar-refractivity contribution >= 4 is 11.5 Å². The van der Waals surface area contributed by atoms with Crippen molar-refractivity contribution in [1.82, 2.24) is 9.88 Å². The SMILES string of the molecule is CCN1CCCC(Nc2ncc(C)cc2[N+](=O)[O-])C1. The predicted octanol–water partition coefficient (Wildman–Crippen LogP) is 2.19. The van der Waals surface area contributed by atoms with Gasteiger partial charge in [0.25, 0.3) is 0 Å². The second kappa shape index (κ2) is 5.97. The Morgan fingerprint density at radius 1 is 1.63 bits per heavy atom. The fourth-order valence-corrected chi connectivity index (χ4v) is 2.46. The first kappa shape index (κ1) is 13.7. The van der Waals surface area contributed by atoms with Crippen molar-refractivity contribution in [3.8, 4) is 0 Å². The van der Waals surface area contributed by atoms with Crippen molar-refractivity contribution in [1.29, 1.82) is 0 Å². The van der Waals surface area contributed by atoms with Crippen molar-refractivity contribution in [2.75, 3.05) is 25.0 Å². The largest absolute Gasteiger partial charge is 0.360 e. The second-order valence-corrected chi connectivity index (χ2v) is 5.01. The van der Waals surface area contributed by atoms with Crippen molar-refractivity contribution in [3.63, 3.8) is 0 Å². The molecule has 1 unspecified atom stereocenters. The van der Waals surface area contributed by atoms with Crippen LogP contribution in [0.2, 0.25) is 0 Å². The van der Waals surface area contributed by atoms with Crippen LogP contribution in [0.1, 0.15) is 25.3 Å². The first-order chi connectivity index (χ1) is 9.10. The van der Waals surface area contributed by atoms with E-state index in [1.165, 1.54) is 0 Å². The zero-order chi connectivity index (χ0) is 13.8. The molecular weight excluding hydrogens is 244 g/mol. The van der Waals surface area contributed by atoms with Crippen LogP contribution in [0.25, 0.3) is 0 Å². The van der Waals surface area contributed by atoms with Gasteiger partial charge in [0.05, 0.1) is 4.92 Å². The van der Waals surface area contributed by atoms with Crippen LogP contribution in [-0.2, 0) is 0 Å². The van der Waals surface area contributed by atoms with Gasteiger partial charge >= 0.3 is 5.69 Å². The quantitative estimate of drug-likeness (QED) is 0.666. The van der Waals surface area contributed by atoms with Gasteiger partial charge in [-0.25, -0.2) is 4.98 Å². The summed E-state index contributed by atoms with van der Waals surface area (Å²) in [5.74, 6) is 0.388. The van der Waals surface area contributed by atoms with Crippen LogP contribution in [0.5, 0.6) is 0 Å². The van der Waals surface area contributed by atoms with Crippen molar-refractivity contribution < 1.29 is 4.92 Å². The summed E-state index contributed by atoms with van der Waals surface area (Å²) in [7, 11) is 0. The normalized spacial score (nSPS) is 20.2. The van der Waals surface area contributed by atoms with E-state index in [-0.39, 0.29) is 16.7 Å². The Balaban J connectivity index is 2.12. The van der Waals surface area contributed by atoms with Gasteiger partial charge in [0, 0.05) is 24.8 Å². The van der Waals surface area contributed by atoms with Crippen LogP contribution in [0.15, 0.2) is 12.3 Å². The lowest BCUT2D eigenvalue weighted by molar-refractivity contribution is -0.384. The van der Waals surface area contributed by atoms with Gasteiger partial charge in [-0.2, -0.15) is 0 Å². The molecule has 2 heterocycles. The van der Waals surface area contributed by atoms with Gasteiger partial charge < -0.3 is 10.2 Å². The Hall–Kier alpha value is -1.69. The van der Waals surface area contributed by atoms with Crippen LogP contribution in [0.3, 0.4) is 0 Å². The fourth-order valence-electron chi connectivity index (χ4n) is 2.46. The lowest BCUT2D eigenvalue weighted by Crippen LogP contribution is -2.42. The third-order valence-electron chi connectivity index (χ3n) is 3.49. The van der Waals surface area contributed by atoms with E-state index in [2.05, 4.69) is 22.1 Å². The van der Waals surface area contributed by atoms with Gasteiger partial charge in [-0.3, -0.25) is 10.1 Å². The lowest BCUT2D eigenvalue weighted by Gasteiger charge is -2.32. The monoisotopic (exact) mass is 264 g/mol. The molecular formula is C13H20N4O2. The van der Waals surface area contributed by atoms with Crippen LogP contribution < -0.4 is 5.32 Å². The van der Waals surface area contributed by atoms with Crippen molar-refractivity contribution in [2.45, 2.75) is 32.7 Å². The average Bonchev–Trinajstić information content (AvgIpc) is 2.41. The number of pyridine rings is 1. The minimum absolute atomic E-state index is 0.0635. The van der Waals surface area contributed by atoms with Crippen molar-refractivity contribution in [3.05, 3.63) is 27.9 Å². The standard InChI is InChI=1S/C13H20N4O2/c1-3-16-6-4-5-11(9-16)15-13-12(17(18)19)7-10(2)8-14-13/h7-8,11H,3-6,9H2,1-2H3,(H,14,15). The number of hydrogen-bond donors (Lipinski definition) is 1. The molecule has 0 aromatic carbocycles. The van der Waals surface area contributed by atoms with E-state index in [1.807, 2.05) is 6.92 Å². The second-order valence-electron chi connectivity index (χ2n) is 5.01. The van der Waals surface area contributed by atoms with E-state index in [9.17, 15) is 10.1 Å². The average molecular weight is 264 g/mol. The maximum absolute atomic E-state index is 11.1. The maximum Gasteiger partial charge on any atom is 0.311 e. The smallest absolute Gasteiger partial charge is 0.311 e. The molecule has 1 N–H and O–H groups in total. The van der Waals surface area contributed by atoms with E-state index in [4.69, 9.17) is 0 Å². The molecule has 0 saturated carbocycles. The molecule has 1 saturated heterocycles. The minimum Gasteiger partial charge on any atom is -0.360 e. The first-order valence-corrected chi connectivity index (χ1v) is 6.70. The number of rotatable bonds is 4. The number of likely N-dealkylation sites (tertiary alicyclic amines) is 1. The molecule has 104 valence electrons. The number of aromatic nitrogens is 1. The summed E-state index contributed by atoms with van der Waals surface area (Å²) >= 11 is 0. The lowest BCUT2D eigenvalue weighted by atomic mass is 10.1. The summed E-state index contributed by atoms with van der Waals surface area (Å²) in [5.41, 5.74) is 0.865. The molecule has 6 nitrogen and oxygen atoms in total. The number of aryl methyl sites for hydroxylation is 1. The molecule has 0 spiro atoms. The highest BCUT2D eigenvalue weighted by Gasteiger charge is 2.22. The van der Waals surface area contributed by atoms with Gasteiger partial charge in [0.1, 0.15) is 0 Å². The summed E-state index contributed by atoms with van der Waals surface area (Å²) in [6, 6.07) is 1.80. The topological polar surface area (TPSA) is 71.3 Å². The Morgan fingerprint density at radius 3 is 3.11 bits per heavy atom. The molecule has 0 amide bonds. The van der Waals surface area contributed by atoms with Gasteiger partial charge in [0.2, 0.25) is 5.82 Å².